The zero-order chi connectivity index (χ0) is 14.7. The normalized spacial score (nSPS) is 10.4. The van der Waals surface area contributed by atoms with E-state index in [9.17, 15) is 18.3 Å². The number of rotatable bonds is 4. The number of anilines is 1. The number of hydrogen-bond donors (Lipinski definition) is 2. The minimum absolute atomic E-state index is 0.0183. The van der Waals surface area contributed by atoms with Crippen molar-refractivity contribution < 1.29 is 23.0 Å². The van der Waals surface area contributed by atoms with E-state index >= 15 is 0 Å². The summed E-state index contributed by atoms with van der Waals surface area (Å²) in [5.74, 6) is -2.99. The minimum atomic E-state index is -1.24. The van der Waals surface area contributed by atoms with E-state index in [0.717, 1.165) is 6.07 Å². The van der Waals surface area contributed by atoms with Crippen molar-refractivity contribution in [2.24, 2.45) is 0 Å². The van der Waals surface area contributed by atoms with Crippen molar-refractivity contribution >= 4 is 5.69 Å². The van der Waals surface area contributed by atoms with Crippen LogP contribution in [0.2, 0.25) is 0 Å². The van der Waals surface area contributed by atoms with Gasteiger partial charge in [-0.05, 0) is 17.7 Å². The Hall–Kier alpha value is -2.37. The highest BCUT2D eigenvalue weighted by molar-refractivity contribution is 5.47. The van der Waals surface area contributed by atoms with Gasteiger partial charge in [0, 0.05) is 18.7 Å². The second-order valence-electron chi connectivity index (χ2n) is 4.11. The first-order valence-corrected chi connectivity index (χ1v) is 5.75. The van der Waals surface area contributed by atoms with Gasteiger partial charge in [0.2, 0.25) is 0 Å². The van der Waals surface area contributed by atoms with E-state index in [2.05, 4.69) is 5.32 Å². The Morgan fingerprint density at radius 3 is 2.45 bits per heavy atom. The molecule has 0 bridgehead atoms. The van der Waals surface area contributed by atoms with Gasteiger partial charge in [-0.2, -0.15) is 0 Å². The maximum absolute atomic E-state index is 13.4. The van der Waals surface area contributed by atoms with Gasteiger partial charge in [-0.1, -0.05) is 6.07 Å². The fourth-order valence-corrected chi connectivity index (χ4v) is 1.69. The number of halogens is 3. The van der Waals surface area contributed by atoms with Crippen molar-refractivity contribution in [2.45, 2.75) is 6.54 Å². The van der Waals surface area contributed by atoms with Gasteiger partial charge in [0.05, 0.1) is 12.8 Å². The number of phenols is 1. The van der Waals surface area contributed by atoms with Crippen LogP contribution in [-0.2, 0) is 6.54 Å². The second kappa shape index (κ2) is 5.73. The lowest BCUT2D eigenvalue weighted by Crippen LogP contribution is -2.03. The molecule has 0 fully saturated rings. The van der Waals surface area contributed by atoms with Crippen molar-refractivity contribution in [3.63, 3.8) is 0 Å². The van der Waals surface area contributed by atoms with Gasteiger partial charge >= 0.3 is 0 Å². The quantitative estimate of drug-likeness (QED) is 0.845. The van der Waals surface area contributed by atoms with Crippen LogP contribution < -0.4 is 10.1 Å². The standard InChI is InChI=1S/C14H12F3NO2/c1-20-14-4-8(2-3-13(14)19)7-18-12-6-10(16)9(15)5-11(12)17/h2-6,18-19H,7H2,1H3. The molecule has 0 aliphatic rings. The summed E-state index contributed by atoms with van der Waals surface area (Å²) in [4.78, 5) is 0. The third-order valence-corrected chi connectivity index (χ3v) is 2.74. The molecule has 0 saturated heterocycles. The molecule has 0 unspecified atom stereocenters. The monoisotopic (exact) mass is 283 g/mol. The van der Waals surface area contributed by atoms with Crippen molar-refractivity contribution in [1.29, 1.82) is 0 Å². The van der Waals surface area contributed by atoms with E-state index < -0.39 is 17.5 Å². The Morgan fingerprint density at radius 1 is 1.05 bits per heavy atom. The molecule has 0 aliphatic carbocycles. The number of methoxy groups -OCH3 is 1. The molecule has 106 valence electrons. The molecule has 0 aliphatic heterocycles. The molecule has 3 nitrogen and oxygen atoms in total. The smallest absolute Gasteiger partial charge is 0.161 e. The number of nitrogens with one attached hydrogen (secondary N) is 1. The predicted octanol–water partition coefficient (Wildman–Crippen LogP) is 3.43. The summed E-state index contributed by atoms with van der Waals surface area (Å²) in [6.45, 7) is 0.165. The zero-order valence-corrected chi connectivity index (χ0v) is 10.6. The van der Waals surface area contributed by atoms with Crippen LogP contribution in [-0.4, -0.2) is 12.2 Å². The SMILES string of the molecule is COc1cc(CNc2cc(F)c(F)cc2F)ccc1O. The number of phenolic OH excluding ortho intramolecular Hbond substituents is 1. The lowest BCUT2D eigenvalue weighted by Gasteiger charge is -2.10. The molecule has 0 aromatic heterocycles. The van der Waals surface area contributed by atoms with Crippen LogP contribution >= 0.6 is 0 Å². The van der Waals surface area contributed by atoms with E-state index in [4.69, 9.17) is 4.74 Å². The molecule has 2 aromatic carbocycles. The number of benzene rings is 2. The highest BCUT2D eigenvalue weighted by Crippen LogP contribution is 2.27. The van der Waals surface area contributed by atoms with Crippen LogP contribution in [0.5, 0.6) is 11.5 Å². The molecule has 2 aromatic rings. The molecule has 0 saturated carbocycles. The van der Waals surface area contributed by atoms with Crippen LogP contribution in [0.15, 0.2) is 30.3 Å². The molecule has 20 heavy (non-hydrogen) atoms. The molecule has 6 heteroatoms. The third kappa shape index (κ3) is 2.96. The van der Waals surface area contributed by atoms with Crippen LogP contribution in [0.25, 0.3) is 0 Å². The number of ether oxygens (including phenoxy) is 1. The minimum Gasteiger partial charge on any atom is -0.504 e. The summed E-state index contributed by atoms with van der Waals surface area (Å²) in [7, 11) is 1.40. The zero-order valence-electron chi connectivity index (χ0n) is 10.6. The van der Waals surface area contributed by atoms with Gasteiger partial charge in [-0.3, -0.25) is 0 Å². The average Bonchev–Trinajstić information content (AvgIpc) is 2.43. The molecule has 0 spiro atoms. The molecular weight excluding hydrogens is 271 g/mol. The van der Waals surface area contributed by atoms with Crippen LogP contribution in [0.4, 0.5) is 18.9 Å². The van der Waals surface area contributed by atoms with Crippen molar-refractivity contribution in [3.05, 3.63) is 53.3 Å². The van der Waals surface area contributed by atoms with E-state index in [1.54, 1.807) is 12.1 Å². The van der Waals surface area contributed by atoms with Crippen LogP contribution in [0.1, 0.15) is 5.56 Å². The summed E-state index contributed by atoms with van der Waals surface area (Å²) < 4.78 is 44.1. The van der Waals surface area contributed by atoms with E-state index in [1.807, 2.05) is 0 Å². The molecular formula is C14H12F3NO2. The maximum Gasteiger partial charge on any atom is 0.161 e. The third-order valence-electron chi connectivity index (χ3n) is 2.74. The summed E-state index contributed by atoms with van der Waals surface area (Å²) in [6.07, 6.45) is 0. The maximum atomic E-state index is 13.4. The van der Waals surface area contributed by atoms with Crippen LogP contribution in [0, 0.1) is 17.5 Å². The Morgan fingerprint density at radius 2 is 1.75 bits per heavy atom. The van der Waals surface area contributed by atoms with Gasteiger partial charge in [0.15, 0.2) is 23.1 Å². The second-order valence-corrected chi connectivity index (χ2v) is 4.11. The van der Waals surface area contributed by atoms with Gasteiger partial charge in [-0.25, -0.2) is 13.2 Å². The molecule has 0 heterocycles. The molecule has 0 amide bonds. The lowest BCUT2D eigenvalue weighted by molar-refractivity contribution is 0.373. The first-order valence-electron chi connectivity index (χ1n) is 5.75. The molecule has 0 atom stereocenters. The van der Waals surface area contributed by atoms with Crippen molar-refractivity contribution in [2.75, 3.05) is 12.4 Å². The first kappa shape index (κ1) is 14.0. The summed E-state index contributed by atoms with van der Waals surface area (Å²) in [5.41, 5.74) is 0.541. The highest BCUT2D eigenvalue weighted by Gasteiger charge is 2.10. The van der Waals surface area contributed by atoms with Gasteiger partial charge < -0.3 is 15.2 Å². The number of aromatic hydroxyl groups is 1. The van der Waals surface area contributed by atoms with E-state index in [1.165, 1.54) is 13.2 Å². The lowest BCUT2D eigenvalue weighted by atomic mass is 10.2. The average molecular weight is 283 g/mol. The van der Waals surface area contributed by atoms with E-state index in [-0.39, 0.29) is 23.7 Å². The summed E-state index contributed by atoms with van der Waals surface area (Å²) in [5, 5.41) is 12.1. The summed E-state index contributed by atoms with van der Waals surface area (Å²) >= 11 is 0. The van der Waals surface area contributed by atoms with Crippen molar-refractivity contribution in [1.82, 2.24) is 0 Å². The molecule has 0 radical (unpaired) electrons. The largest absolute Gasteiger partial charge is 0.504 e. The topological polar surface area (TPSA) is 41.5 Å². The fraction of sp³-hybridized carbons (Fsp3) is 0.143. The Labute approximate surface area is 113 Å². The molecule has 2 rings (SSSR count). The molecule has 2 N–H and O–H groups in total. The summed E-state index contributed by atoms with van der Waals surface area (Å²) in [6, 6.07) is 5.82. The Balaban J connectivity index is 2.14. The van der Waals surface area contributed by atoms with E-state index in [0.29, 0.717) is 11.6 Å². The van der Waals surface area contributed by atoms with Gasteiger partial charge in [-0.15, -0.1) is 0 Å². The van der Waals surface area contributed by atoms with Crippen LogP contribution in [0.3, 0.4) is 0 Å². The Kier molecular flexibility index (Phi) is 4.02. The predicted molar refractivity (Wildman–Crippen MR) is 68.3 cm³/mol. The fourth-order valence-electron chi connectivity index (χ4n) is 1.69. The first-order chi connectivity index (χ1) is 9.51. The number of hydrogen-bond acceptors (Lipinski definition) is 3. The van der Waals surface area contributed by atoms with Gasteiger partial charge in [0.25, 0.3) is 0 Å². The Bertz CT molecular complexity index is 632. The van der Waals surface area contributed by atoms with Gasteiger partial charge in [0.1, 0.15) is 5.82 Å². The highest BCUT2D eigenvalue weighted by atomic mass is 19.2. The van der Waals surface area contributed by atoms with Crippen molar-refractivity contribution in [3.8, 4) is 11.5 Å².